The second-order valence-electron chi connectivity index (χ2n) is 6.71. The van der Waals surface area contributed by atoms with E-state index in [1.807, 2.05) is 24.3 Å². The molecule has 1 aliphatic rings. The molecule has 7 nitrogen and oxygen atoms in total. The lowest BCUT2D eigenvalue weighted by Crippen LogP contribution is -2.40. The van der Waals surface area contributed by atoms with Gasteiger partial charge in [0.15, 0.2) is 0 Å². The highest BCUT2D eigenvalue weighted by Gasteiger charge is 2.30. The Morgan fingerprint density at radius 2 is 1.75 bits per heavy atom. The van der Waals surface area contributed by atoms with E-state index in [1.54, 1.807) is 29.2 Å². The van der Waals surface area contributed by atoms with Crippen LogP contribution in [-0.4, -0.2) is 36.3 Å². The number of benzene rings is 2. The third kappa shape index (κ3) is 4.49. The third-order valence-corrected chi connectivity index (χ3v) is 4.83. The van der Waals surface area contributed by atoms with Crippen LogP contribution in [-0.2, 0) is 16.0 Å². The summed E-state index contributed by atoms with van der Waals surface area (Å²) in [4.78, 5) is 38.0. The number of carbonyl (C=O) groups is 3. The van der Waals surface area contributed by atoms with E-state index in [-0.39, 0.29) is 30.3 Å². The van der Waals surface area contributed by atoms with Crippen molar-refractivity contribution >= 4 is 29.2 Å². The molecule has 4 amide bonds. The van der Waals surface area contributed by atoms with Gasteiger partial charge in [-0.15, -0.1) is 0 Å². The molecule has 0 aromatic heterocycles. The fraction of sp³-hybridized carbons (Fsp3) is 0.286. The first-order valence-corrected chi connectivity index (χ1v) is 9.21. The summed E-state index contributed by atoms with van der Waals surface area (Å²) in [6.45, 7) is 2.14. The number of anilines is 2. The van der Waals surface area contributed by atoms with Gasteiger partial charge in [-0.1, -0.05) is 30.3 Å². The molecule has 0 saturated carbocycles. The average Bonchev–Trinajstić information content (AvgIpc) is 2.68. The predicted octanol–water partition coefficient (Wildman–Crippen LogP) is 2.91. The fourth-order valence-electron chi connectivity index (χ4n) is 3.50. The van der Waals surface area contributed by atoms with Gasteiger partial charge >= 0.3 is 6.03 Å². The van der Waals surface area contributed by atoms with Crippen LogP contribution >= 0.6 is 0 Å². The predicted molar refractivity (Wildman–Crippen MR) is 108 cm³/mol. The van der Waals surface area contributed by atoms with Crippen molar-refractivity contribution < 1.29 is 14.4 Å². The minimum atomic E-state index is -0.334. The smallest absolute Gasteiger partial charge is 0.318 e. The molecule has 2 aromatic carbocycles. The fourth-order valence-corrected chi connectivity index (χ4v) is 3.50. The summed E-state index contributed by atoms with van der Waals surface area (Å²) < 4.78 is 0. The third-order valence-electron chi connectivity index (χ3n) is 4.83. The van der Waals surface area contributed by atoms with Crippen LogP contribution in [0.2, 0.25) is 0 Å². The van der Waals surface area contributed by atoms with Crippen LogP contribution in [0, 0.1) is 0 Å². The Bertz CT molecular complexity index is 897. The quantitative estimate of drug-likeness (QED) is 0.762. The molecule has 0 radical (unpaired) electrons. The Kier molecular flexibility index (Phi) is 5.93. The first-order chi connectivity index (χ1) is 13.5. The van der Waals surface area contributed by atoms with Gasteiger partial charge in [0, 0.05) is 31.9 Å². The van der Waals surface area contributed by atoms with Crippen LogP contribution in [0.4, 0.5) is 16.2 Å². The van der Waals surface area contributed by atoms with Crippen LogP contribution < -0.4 is 16.0 Å². The Balaban J connectivity index is 1.74. The van der Waals surface area contributed by atoms with Gasteiger partial charge in [0.05, 0.1) is 12.5 Å². The molecule has 3 rings (SSSR count). The molecule has 1 heterocycles. The molecule has 0 fully saturated rings. The van der Waals surface area contributed by atoms with E-state index in [0.717, 1.165) is 12.0 Å². The second kappa shape index (κ2) is 8.56. The number of hydrogen-bond acceptors (Lipinski definition) is 3. The SMILES string of the molecule is CNC(=O)Nc1cccc(NC(=O)CC2c3ccccc3CCN2C(C)=O)c1. The van der Waals surface area contributed by atoms with Gasteiger partial charge in [-0.25, -0.2) is 4.79 Å². The van der Waals surface area contributed by atoms with Gasteiger partial charge in [0.25, 0.3) is 0 Å². The van der Waals surface area contributed by atoms with E-state index in [2.05, 4.69) is 16.0 Å². The summed E-state index contributed by atoms with van der Waals surface area (Å²) in [5.74, 6) is -0.228. The Hall–Kier alpha value is -3.35. The molecule has 2 aromatic rings. The maximum Gasteiger partial charge on any atom is 0.318 e. The van der Waals surface area contributed by atoms with Crippen molar-refractivity contribution in [2.75, 3.05) is 24.2 Å². The van der Waals surface area contributed by atoms with Crippen molar-refractivity contribution in [2.24, 2.45) is 0 Å². The van der Waals surface area contributed by atoms with Crippen LogP contribution in [0.3, 0.4) is 0 Å². The number of hydrogen-bond donors (Lipinski definition) is 3. The Morgan fingerprint density at radius 1 is 1.04 bits per heavy atom. The molecule has 0 spiro atoms. The van der Waals surface area contributed by atoms with Crippen molar-refractivity contribution in [3.8, 4) is 0 Å². The van der Waals surface area contributed by atoms with Crippen molar-refractivity contribution in [1.82, 2.24) is 10.2 Å². The molecule has 3 N–H and O–H groups in total. The highest BCUT2D eigenvalue weighted by Crippen LogP contribution is 2.32. The zero-order valence-corrected chi connectivity index (χ0v) is 16.0. The van der Waals surface area contributed by atoms with Gasteiger partial charge in [-0.2, -0.15) is 0 Å². The van der Waals surface area contributed by atoms with Gasteiger partial charge in [-0.3, -0.25) is 9.59 Å². The maximum absolute atomic E-state index is 12.7. The highest BCUT2D eigenvalue weighted by molar-refractivity contribution is 5.94. The van der Waals surface area contributed by atoms with Crippen LogP contribution in [0.1, 0.15) is 30.5 Å². The first-order valence-electron chi connectivity index (χ1n) is 9.21. The number of rotatable bonds is 4. The Morgan fingerprint density at radius 3 is 2.46 bits per heavy atom. The summed E-state index contributed by atoms with van der Waals surface area (Å²) in [7, 11) is 1.53. The Labute approximate surface area is 164 Å². The summed E-state index contributed by atoms with van der Waals surface area (Å²) in [6.07, 6.45) is 0.963. The van der Waals surface area contributed by atoms with Gasteiger partial charge < -0.3 is 20.9 Å². The molecule has 1 atom stereocenters. The van der Waals surface area contributed by atoms with Crippen LogP contribution in [0.25, 0.3) is 0 Å². The summed E-state index contributed by atoms with van der Waals surface area (Å²) in [6, 6.07) is 14.2. The molecule has 146 valence electrons. The molecule has 7 heteroatoms. The average molecular weight is 380 g/mol. The molecular weight excluding hydrogens is 356 g/mol. The largest absolute Gasteiger partial charge is 0.341 e. The van der Waals surface area contributed by atoms with Crippen LogP contribution in [0.5, 0.6) is 0 Å². The number of nitrogens with zero attached hydrogens (tertiary/aromatic N) is 1. The minimum Gasteiger partial charge on any atom is -0.341 e. The number of nitrogens with one attached hydrogen (secondary N) is 3. The maximum atomic E-state index is 12.7. The lowest BCUT2D eigenvalue weighted by atomic mass is 9.90. The van der Waals surface area contributed by atoms with Crippen molar-refractivity contribution in [3.63, 3.8) is 0 Å². The molecule has 1 aliphatic heterocycles. The molecular formula is C21H24N4O3. The zero-order chi connectivity index (χ0) is 20.1. The van der Waals surface area contributed by atoms with Crippen molar-refractivity contribution in [2.45, 2.75) is 25.8 Å². The van der Waals surface area contributed by atoms with Gasteiger partial charge in [0.2, 0.25) is 11.8 Å². The number of fused-ring (bicyclic) bond motifs is 1. The number of urea groups is 1. The van der Waals surface area contributed by atoms with Gasteiger partial charge in [0.1, 0.15) is 0 Å². The molecule has 0 saturated heterocycles. The monoisotopic (exact) mass is 380 g/mol. The van der Waals surface area contributed by atoms with Gasteiger partial charge in [-0.05, 0) is 35.7 Å². The molecule has 28 heavy (non-hydrogen) atoms. The van der Waals surface area contributed by atoms with E-state index in [4.69, 9.17) is 0 Å². The minimum absolute atomic E-state index is 0.0379. The zero-order valence-electron chi connectivity index (χ0n) is 16.0. The van der Waals surface area contributed by atoms with E-state index in [0.29, 0.717) is 17.9 Å². The molecule has 0 aliphatic carbocycles. The molecule has 1 unspecified atom stereocenters. The lowest BCUT2D eigenvalue weighted by molar-refractivity contribution is -0.132. The highest BCUT2D eigenvalue weighted by atomic mass is 16.2. The number of carbonyl (C=O) groups excluding carboxylic acids is 3. The van der Waals surface area contributed by atoms with E-state index in [9.17, 15) is 14.4 Å². The van der Waals surface area contributed by atoms with E-state index < -0.39 is 0 Å². The summed E-state index contributed by atoms with van der Waals surface area (Å²) >= 11 is 0. The topological polar surface area (TPSA) is 90.5 Å². The lowest BCUT2D eigenvalue weighted by Gasteiger charge is -2.36. The normalized spacial score (nSPS) is 15.4. The second-order valence-corrected chi connectivity index (χ2v) is 6.71. The van der Waals surface area contributed by atoms with Crippen molar-refractivity contribution in [3.05, 3.63) is 59.7 Å². The standard InChI is InChI=1S/C21H24N4O3/c1-14(26)25-11-10-15-6-3-4-9-18(15)19(25)13-20(27)23-16-7-5-8-17(12-16)24-21(28)22-2/h3-9,12,19H,10-11,13H2,1-2H3,(H,23,27)(H2,22,24,28). The van der Waals surface area contributed by atoms with Crippen molar-refractivity contribution in [1.29, 1.82) is 0 Å². The van der Waals surface area contributed by atoms with Crippen LogP contribution in [0.15, 0.2) is 48.5 Å². The summed E-state index contributed by atoms with van der Waals surface area (Å²) in [5.41, 5.74) is 3.35. The summed E-state index contributed by atoms with van der Waals surface area (Å²) in [5, 5.41) is 8.01. The van der Waals surface area contributed by atoms with E-state index >= 15 is 0 Å². The molecule has 0 bridgehead atoms. The number of amides is 4. The first kappa shape index (κ1) is 19.4. The van der Waals surface area contributed by atoms with E-state index in [1.165, 1.54) is 19.5 Å².